The molecule has 2 fully saturated rings. The van der Waals surface area contributed by atoms with Gasteiger partial charge in [-0.2, -0.15) is 0 Å². The lowest BCUT2D eigenvalue weighted by Crippen LogP contribution is -2.53. The number of benzene rings is 1. The Morgan fingerprint density at radius 1 is 1.19 bits per heavy atom. The number of likely N-dealkylation sites (tertiary alicyclic amines) is 1. The predicted octanol–water partition coefficient (Wildman–Crippen LogP) is 4.33. The number of urea groups is 1. The van der Waals surface area contributed by atoms with Crippen LogP contribution in [0.5, 0.6) is 5.75 Å². The van der Waals surface area contributed by atoms with Crippen molar-refractivity contribution in [2.75, 3.05) is 20.2 Å². The number of hydrogen-bond donors (Lipinski definition) is 1. The maximum atomic E-state index is 13.3. The topological polar surface area (TPSA) is 75.7 Å². The lowest BCUT2D eigenvalue weighted by atomic mass is 9.63. The van der Waals surface area contributed by atoms with Gasteiger partial charge in [0.15, 0.2) is 0 Å². The van der Waals surface area contributed by atoms with Gasteiger partial charge < -0.3 is 15.0 Å². The molecule has 1 aromatic rings. The highest BCUT2D eigenvalue weighted by atomic mass is 35.5. The fourth-order valence-corrected chi connectivity index (χ4v) is 5.02. The zero-order valence-electron chi connectivity index (χ0n) is 19.4. The van der Waals surface area contributed by atoms with Gasteiger partial charge in [0.1, 0.15) is 23.2 Å². The average molecular weight is 459 g/mol. The van der Waals surface area contributed by atoms with Crippen LogP contribution in [0.1, 0.15) is 70.4 Å². The van der Waals surface area contributed by atoms with E-state index in [1.807, 2.05) is 20.8 Å². The minimum absolute atomic E-state index is 0.106. The molecule has 0 atom stereocenters. The molecule has 2 amide bonds. The fourth-order valence-electron chi connectivity index (χ4n) is 4.70. The number of halogens is 1. The van der Waals surface area contributed by atoms with E-state index in [0.29, 0.717) is 60.7 Å². The third-order valence-corrected chi connectivity index (χ3v) is 6.52. The van der Waals surface area contributed by atoms with Crippen LogP contribution in [0.25, 0.3) is 0 Å². The first-order valence-corrected chi connectivity index (χ1v) is 11.3. The number of ketones is 2. The highest BCUT2D eigenvalue weighted by molar-refractivity contribution is 6.32. The number of nitrogens with one attached hydrogen (secondary N) is 1. The van der Waals surface area contributed by atoms with E-state index < -0.39 is 11.3 Å². The summed E-state index contributed by atoms with van der Waals surface area (Å²) < 4.78 is 5.47. The van der Waals surface area contributed by atoms with Crippen molar-refractivity contribution in [1.82, 2.24) is 10.2 Å². The summed E-state index contributed by atoms with van der Waals surface area (Å²) in [5.41, 5.74) is 0.400. The van der Waals surface area contributed by atoms with E-state index in [-0.39, 0.29) is 23.1 Å². The van der Waals surface area contributed by atoms with Gasteiger partial charge in [0.05, 0.1) is 7.11 Å². The Morgan fingerprint density at radius 2 is 1.78 bits per heavy atom. The molecule has 0 bridgehead atoms. The smallest absolute Gasteiger partial charge is 0.317 e. The highest BCUT2D eigenvalue weighted by Gasteiger charge is 2.48. The van der Waals surface area contributed by atoms with Gasteiger partial charge in [0, 0.05) is 47.6 Å². The van der Waals surface area contributed by atoms with Crippen molar-refractivity contribution in [3.63, 3.8) is 0 Å². The molecule has 1 spiro atoms. The molecule has 1 aromatic carbocycles. The number of carbonyl (C=O) groups is 3. The van der Waals surface area contributed by atoms with Crippen LogP contribution in [0, 0.1) is 17.3 Å². The Kier molecular flexibility index (Phi) is 6.90. The van der Waals surface area contributed by atoms with E-state index >= 15 is 0 Å². The predicted molar refractivity (Wildman–Crippen MR) is 124 cm³/mol. The summed E-state index contributed by atoms with van der Waals surface area (Å²) in [6.45, 7) is 8.60. The number of hydrogen-bond acceptors (Lipinski definition) is 4. The highest BCUT2D eigenvalue weighted by Crippen LogP contribution is 2.48. The van der Waals surface area contributed by atoms with Gasteiger partial charge in [-0.15, -0.1) is 5.92 Å². The molecule has 1 saturated heterocycles. The first-order valence-electron chi connectivity index (χ1n) is 10.9. The maximum Gasteiger partial charge on any atom is 0.317 e. The third kappa shape index (κ3) is 5.10. The van der Waals surface area contributed by atoms with E-state index in [0.717, 1.165) is 0 Å². The molecule has 0 radical (unpaired) electrons. The van der Waals surface area contributed by atoms with Crippen molar-refractivity contribution >= 4 is 29.2 Å². The Hall–Kier alpha value is -2.52. The molecule has 172 valence electrons. The minimum atomic E-state index is -0.922. The lowest BCUT2D eigenvalue weighted by Gasteiger charge is -2.45. The summed E-state index contributed by atoms with van der Waals surface area (Å²) >= 11 is 6.49. The molecule has 6 nitrogen and oxygen atoms in total. The van der Waals surface area contributed by atoms with Crippen molar-refractivity contribution < 1.29 is 19.1 Å². The second kappa shape index (κ2) is 9.15. The van der Waals surface area contributed by atoms with Crippen LogP contribution < -0.4 is 10.1 Å². The molecule has 7 heteroatoms. The SMILES string of the molecule is CC#Cc1cc(Cl)c(C2C(=O)CC3(CCN(C(=O)NC(C)(C)C)CC3)CC2=O)c(OC)c1. The van der Waals surface area contributed by atoms with Gasteiger partial charge in [-0.25, -0.2) is 4.79 Å². The number of methoxy groups -OCH3 is 1. The quantitative estimate of drug-likeness (QED) is 0.528. The number of ether oxygens (including phenoxy) is 1. The van der Waals surface area contributed by atoms with Crippen LogP contribution in [0.2, 0.25) is 5.02 Å². The molecule has 0 aromatic heterocycles. The molecular weight excluding hydrogens is 428 g/mol. The summed E-state index contributed by atoms with van der Waals surface area (Å²) in [4.78, 5) is 40.8. The largest absolute Gasteiger partial charge is 0.496 e. The summed E-state index contributed by atoms with van der Waals surface area (Å²) in [6.07, 6.45) is 1.86. The van der Waals surface area contributed by atoms with Gasteiger partial charge in [0.25, 0.3) is 0 Å². The molecule has 1 aliphatic carbocycles. The number of rotatable bonds is 2. The molecule has 1 N–H and O–H groups in total. The monoisotopic (exact) mass is 458 g/mol. The van der Waals surface area contributed by atoms with E-state index in [1.54, 1.807) is 24.0 Å². The fraction of sp³-hybridized carbons (Fsp3) is 0.560. The van der Waals surface area contributed by atoms with Crippen LogP contribution in [0.4, 0.5) is 4.79 Å². The van der Waals surface area contributed by atoms with Gasteiger partial charge in [0.2, 0.25) is 0 Å². The Balaban J connectivity index is 1.77. The van der Waals surface area contributed by atoms with Gasteiger partial charge in [-0.1, -0.05) is 17.5 Å². The molecule has 1 aliphatic heterocycles. The molecule has 3 rings (SSSR count). The van der Waals surface area contributed by atoms with E-state index in [2.05, 4.69) is 17.2 Å². The van der Waals surface area contributed by atoms with Gasteiger partial charge in [-0.3, -0.25) is 9.59 Å². The van der Waals surface area contributed by atoms with Crippen molar-refractivity contribution in [2.45, 2.75) is 64.8 Å². The lowest BCUT2D eigenvalue weighted by molar-refractivity contribution is -0.138. The zero-order chi connectivity index (χ0) is 23.7. The van der Waals surface area contributed by atoms with E-state index in [4.69, 9.17) is 16.3 Å². The van der Waals surface area contributed by atoms with Crippen molar-refractivity contribution in [1.29, 1.82) is 0 Å². The van der Waals surface area contributed by atoms with Crippen molar-refractivity contribution in [3.8, 4) is 17.6 Å². The number of carbonyl (C=O) groups excluding carboxylic acids is 3. The Morgan fingerprint density at radius 3 is 2.28 bits per heavy atom. The number of piperidine rings is 1. The maximum absolute atomic E-state index is 13.3. The van der Waals surface area contributed by atoms with Crippen LogP contribution in [-0.4, -0.2) is 48.2 Å². The molecule has 32 heavy (non-hydrogen) atoms. The average Bonchev–Trinajstić information content (AvgIpc) is 2.68. The van der Waals surface area contributed by atoms with Crippen molar-refractivity contribution in [2.24, 2.45) is 5.41 Å². The summed E-state index contributed by atoms with van der Waals surface area (Å²) in [5.74, 6) is 4.95. The number of nitrogens with zero attached hydrogens (tertiary/aromatic N) is 1. The van der Waals surface area contributed by atoms with Gasteiger partial charge in [-0.05, 0) is 58.1 Å². The Labute approximate surface area is 195 Å². The van der Waals surface area contributed by atoms with Crippen LogP contribution >= 0.6 is 11.6 Å². The molecule has 0 unspecified atom stereocenters. The van der Waals surface area contributed by atoms with E-state index in [1.165, 1.54) is 7.11 Å². The number of Topliss-reactive ketones (excluding diaryl/α,β-unsaturated/α-hetero) is 2. The molecule has 1 saturated carbocycles. The third-order valence-electron chi connectivity index (χ3n) is 6.21. The normalized spacial score (nSPS) is 18.9. The molecule has 2 aliphatic rings. The zero-order valence-corrected chi connectivity index (χ0v) is 20.2. The van der Waals surface area contributed by atoms with Crippen molar-refractivity contribution in [3.05, 3.63) is 28.3 Å². The molecular formula is C25H31ClN2O4. The second-order valence-corrected chi connectivity index (χ2v) is 10.2. The molecule has 1 heterocycles. The van der Waals surface area contributed by atoms with E-state index in [9.17, 15) is 14.4 Å². The first-order chi connectivity index (χ1) is 15.0. The summed E-state index contributed by atoms with van der Waals surface area (Å²) in [7, 11) is 1.50. The van der Waals surface area contributed by atoms with Crippen LogP contribution in [0.3, 0.4) is 0 Å². The van der Waals surface area contributed by atoms with Crippen LogP contribution in [0.15, 0.2) is 12.1 Å². The first kappa shape index (κ1) is 24.1. The second-order valence-electron chi connectivity index (χ2n) is 9.84. The minimum Gasteiger partial charge on any atom is -0.496 e. The Bertz CT molecular complexity index is 972. The van der Waals surface area contributed by atoms with Gasteiger partial charge >= 0.3 is 6.03 Å². The summed E-state index contributed by atoms with van der Waals surface area (Å²) in [6, 6.07) is 3.28. The van der Waals surface area contributed by atoms with Crippen LogP contribution in [-0.2, 0) is 9.59 Å². The number of amides is 2. The standard InChI is InChI=1S/C25H31ClN2O4/c1-6-7-16-12-17(26)21(20(13-16)32-5)22-18(29)14-25(15-19(22)30)8-10-28(11-9-25)23(31)27-24(2,3)4/h12-13,22H,8-11,14-15H2,1-5H3,(H,27,31). The summed E-state index contributed by atoms with van der Waals surface area (Å²) in [5, 5.41) is 3.29.